The third-order valence-corrected chi connectivity index (χ3v) is 3.65. The zero-order chi connectivity index (χ0) is 14.8. The van der Waals surface area contributed by atoms with Gasteiger partial charge in [0, 0.05) is 17.8 Å². The minimum atomic E-state index is 0.275. The van der Waals surface area contributed by atoms with Crippen LogP contribution >= 0.6 is 0 Å². The third kappa shape index (κ3) is 6.83. The molecule has 0 saturated carbocycles. The van der Waals surface area contributed by atoms with Gasteiger partial charge in [0.25, 0.3) is 0 Å². The SMILES string of the molecule is CCCCCCC(C)Nc1cccc(OC(C)CC)c1. The van der Waals surface area contributed by atoms with Gasteiger partial charge in [-0.05, 0) is 38.8 Å². The minimum Gasteiger partial charge on any atom is -0.491 e. The molecule has 1 aromatic carbocycles. The molecule has 0 fully saturated rings. The lowest BCUT2D eigenvalue weighted by Crippen LogP contribution is -2.15. The van der Waals surface area contributed by atoms with Crippen LogP contribution in [0.4, 0.5) is 5.69 Å². The highest BCUT2D eigenvalue weighted by Gasteiger charge is 2.05. The molecule has 1 aromatic rings. The Hall–Kier alpha value is -1.18. The van der Waals surface area contributed by atoms with E-state index in [0.717, 1.165) is 17.9 Å². The molecule has 0 radical (unpaired) electrons. The van der Waals surface area contributed by atoms with Crippen molar-refractivity contribution in [1.82, 2.24) is 0 Å². The second kappa shape index (κ2) is 9.68. The summed E-state index contributed by atoms with van der Waals surface area (Å²) in [6.07, 6.45) is 7.85. The fourth-order valence-corrected chi connectivity index (χ4v) is 2.21. The lowest BCUT2D eigenvalue weighted by molar-refractivity contribution is 0.217. The highest BCUT2D eigenvalue weighted by atomic mass is 16.5. The smallest absolute Gasteiger partial charge is 0.121 e. The van der Waals surface area contributed by atoms with Gasteiger partial charge in [-0.25, -0.2) is 0 Å². The second-order valence-corrected chi connectivity index (χ2v) is 5.76. The summed E-state index contributed by atoms with van der Waals surface area (Å²) in [4.78, 5) is 0. The van der Waals surface area contributed by atoms with Gasteiger partial charge in [0.05, 0.1) is 6.10 Å². The molecule has 2 nitrogen and oxygen atoms in total. The van der Waals surface area contributed by atoms with Crippen LogP contribution in [0.2, 0.25) is 0 Å². The van der Waals surface area contributed by atoms with Crippen molar-refractivity contribution in [3.63, 3.8) is 0 Å². The Morgan fingerprint density at radius 1 is 1.10 bits per heavy atom. The van der Waals surface area contributed by atoms with Crippen molar-refractivity contribution in [1.29, 1.82) is 0 Å². The second-order valence-electron chi connectivity index (χ2n) is 5.76. The molecule has 1 rings (SSSR count). The molecule has 0 aliphatic heterocycles. The van der Waals surface area contributed by atoms with Gasteiger partial charge >= 0.3 is 0 Å². The number of benzene rings is 1. The van der Waals surface area contributed by atoms with Crippen molar-refractivity contribution in [3.8, 4) is 5.75 Å². The van der Waals surface area contributed by atoms with Gasteiger partial charge in [-0.2, -0.15) is 0 Å². The molecular formula is C18H31NO. The van der Waals surface area contributed by atoms with Crippen molar-refractivity contribution in [2.24, 2.45) is 0 Å². The predicted octanol–water partition coefficient (Wildman–Crippen LogP) is 5.63. The van der Waals surface area contributed by atoms with Crippen molar-refractivity contribution < 1.29 is 4.74 Å². The largest absolute Gasteiger partial charge is 0.491 e. The lowest BCUT2D eigenvalue weighted by Gasteiger charge is -2.17. The average Bonchev–Trinajstić information content (AvgIpc) is 2.44. The van der Waals surface area contributed by atoms with Crippen molar-refractivity contribution in [2.45, 2.75) is 78.4 Å². The molecule has 114 valence electrons. The summed E-state index contributed by atoms with van der Waals surface area (Å²) in [6.45, 7) is 8.76. The van der Waals surface area contributed by atoms with Crippen molar-refractivity contribution in [2.75, 3.05) is 5.32 Å². The molecule has 0 aliphatic rings. The maximum Gasteiger partial charge on any atom is 0.121 e. The van der Waals surface area contributed by atoms with Crippen LogP contribution in [0.25, 0.3) is 0 Å². The quantitative estimate of drug-likeness (QED) is 0.559. The van der Waals surface area contributed by atoms with Gasteiger partial charge in [0.15, 0.2) is 0 Å². The van der Waals surface area contributed by atoms with Crippen molar-refractivity contribution in [3.05, 3.63) is 24.3 Å². The van der Waals surface area contributed by atoms with Crippen LogP contribution in [0.1, 0.15) is 66.2 Å². The first-order valence-corrected chi connectivity index (χ1v) is 8.19. The van der Waals surface area contributed by atoms with E-state index in [9.17, 15) is 0 Å². The molecule has 0 aromatic heterocycles. The minimum absolute atomic E-state index is 0.275. The summed E-state index contributed by atoms with van der Waals surface area (Å²) in [5.74, 6) is 0.961. The van der Waals surface area contributed by atoms with Crippen LogP contribution < -0.4 is 10.1 Å². The molecule has 0 aliphatic carbocycles. The molecule has 2 heteroatoms. The van der Waals surface area contributed by atoms with Crippen LogP contribution in [0, 0.1) is 0 Å². The molecule has 0 spiro atoms. The Bertz CT molecular complexity index is 364. The number of ether oxygens (including phenoxy) is 1. The number of unbranched alkanes of at least 4 members (excludes halogenated alkanes) is 3. The first-order chi connectivity index (χ1) is 9.65. The number of anilines is 1. The number of rotatable bonds is 10. The Morgan fingerprint density at radius 3 is 2.60 bits per heavy atom. The van der Waals surface area contributed by atoms with E-state index in [-0.39, 0.29) is 6.10 Å². The first kappa shape index (κ1) is 16.9. The van der Waals surface area contributed by atoms with Crippen LogP contribution in [0.5, 0.6) is 5.75 Å². The van der Waals surface area contributed by atoms with E-state index in [1.54, 1.807) is 0 Å². The Balaban J connectivity index is 2.40. The third-order valence-electron chi connectivity index (χ3n) is 3.65. The van der Waals surface area contributed by atoms with Crippen LogP contribution in [-0.2, 0) is 0 Å². The maximum atomic E-state index is 5.86. The Labute approximate surface area is 124 Å². The highest BCUT2D eigenvalue weighted by molar-refractivity contribution is 5.48. The zero-order valence-corrected chi connectivity index (χ0v) is 13.6. The predicted molar refractivity (Wildman–Crippen MR) is 88.7 cm³/mol. The number of nitrogens with one attached hydrogen (secondary N) is 1. The fraction of sp³-hybridized carbons (Fsp3) is 0.667. The van der Waals surface area contributed by atoms with E-state index in [1.807, 2.05) is 6.07 Å². The van der Waals surface area contributed by atoms with E-state index >= 15 is 0 Å². The zero-order valence-electron chi connectivity index (χ0n) is 13.6. The molecule has 20 heavy (non-hydrogen) atoms. The van der Waals surface area contributed by atoms with Gasteiger partial charge in [-0.3, -0.25) is 0 Å². The van der Waals surface area contributed by atoms with E-state index in [0.29, 0.717) is 6.04 Å². The van der Waals surface area contributed by atoms with Gasteiger partial charge in [-0.15, -0.1) is 0 Å². The standard InChI is InChI=1S/C18H31NO/c1-5-7-8-9-11-15(3)19-17-12-10-13-18(14-17)20-16(4)6-2/h10,12-16,19H,5-9,11H2,1-4H3. The molecular weight excluding hydrogens is 246 g/mol. The maximum absolute atomic E-state index is 5.86. The van der Waals surface area contributed by atoms with Crippen molar-refractivity contribution >= 4 is 5.69 Å². The van der Waals surface area contributed by atoms with Gasteiger partial charge in [0.1, 0.15) is 5.75 Å². The molecule has 0 heterocycles. The van der Waals surface area contributed by atoms with Crippen LogP contribution in [0.15, 0.2) is 24.3 Å². The summed E-state index contributed by atoms with van der Waals surface area (Å²) in [5.41, 5.74) is 1.16. The van der Waals surface area contributed by atoms with E-state index < -0.39 is 0 Å². The van der Waals surface area contributed by atoms with Gasteiger partial charge < -0.3 is 10.1 Å². The monoisotopic (exact) mass is 277 g/mol. The lowest BCUT2D eigenvalue weighted by atomic mass is 10.1. The Morgan fingerprint density at radius 2 is 1.90 bits per heavy atom. The molecule has 2 unspecified atom stereocenters. The fourth-order valence-electron chi connectivity index (χ4n) is 2.21. The molecule has 1 N–H and O–H groups in total. The summed E-state index contributed by atoms with van der Waals surface area (Å²) >= 11 is 0. The average molecular weight is 277 g/mol. The molecule has 2 atom stereocenters. The number of hydrogen-bond donors (Lipinski definition) is 1. The summed E-state index contributed by atoms with van der Waals surface area (Å²) < 4.78 is 5.86. The number of hydrogen-bond acceptors (Lipinski definition) is 2. The highest BCUT2D eigenvalue weighted by Crippen LogP contribution is 2.20. The first-order valence-electron chi connectivity index (χ1n) is 8.19. The van der Waals surface area contributed by atoms with Gasteiger partial charge in [0.2, 0.25) is 0 Å². The van der Waals surface area contributed by atoms with E-state index in [2.05, 4.69) is 51.2 Å². The summed E-state index contributed by atoms with van der Waals surface area (Å²) in [5, 5.41) is 3.57. The molecule has 0 amide bonds. The molecule has 0 saturated heterocycles. The molecule has 0 bridgehead atoms. The van der Waals surface area contributed by atoms with Crippen LogP contribution in [-0.4, -0.2) is 12.1 Å². The normalized spacial score (nSPS) is 13.8. The van der Waals surface area contributed by atoms with Crippen LogP contribution in [0.3, 0.4) is 0 Å². The van der Waals surface area contributed by atoms with Gasteiger partial charge in [-0.1, -0.05) is 45.6 Å². The summed E-state index contributed by atoms with van der Waals surface area (Å²) in [6, 6.07) is 8.83. The summed E-state index contributed by atoms with van der Waals surface area (Å²) in [7, 11) is 0. The Kier molecular flexibility index (Phi) is 8.17. The van der Waals surface area contributed by atoms with E-state index in [1.165, 1.54) is 32.1 Å². The van der Waals surface area contributed by atoms with E-state index in [4.69, 9.17) is 4.74 Å². The topological polar surface area (TPSA) is 21.3 Å².